The largest absolute Gasteiger partial charge is 0.408 e. The average molecular weight is 394 g/mol. The fraction of sp³-hybridized carbons (Fsp3) is 0.773. The number of nitrogens with zero attached hydrogens (tertiary/aromatic N) is 1. The Balaban J connectivity index is 1.69. The van der Waals surface area contributed by atoms with Crippen molar-refractivity contribution < 1.29 is 4.43 Å². The van der Waals surface area contributed by atoms with Gasteiger partial charge in [0.2, 0.25) is 0 Å². The third-order valence-electron chi connectivity index (χ3n) is 7.72. The number of rotatable bonds is 9. The maximum absolute atomic E-state index is 6.88. The minimum Gasteiger partial charge on any atom is -0.408 e. The summed E-state index contributed by atoms with van der Waals surface area (Å²) in [5, 5.41) is 0.763. The van der Waals surface area contributed by atoms with Crippen molar-refractivity contribution in [1.82, 2.24) is 4.98 Å². The highest BCUT2D eigenvalue weighted by atomic mass is 35.5. The summed E-state index contributed by atoms with van der Waals surface area (Å²) >= 11 is 6.51. The summed E-state index contributed by atoms with van der Waals surface area (Å²) in [6, 6.07) is 7.38. The molecule has 2 fully saturated rings. The third kappa shape index (κ3) is 3.91. The molecule has 2 aliphatic carbocycles. The fourth-order valence-corrected chi connectivity index (χ4v) is 8.50. The van der Waals surface area contributed by atoms with Crippen molar-refractivity contribution >= 4 is 19.9 Å². The summed E-state index contributed by atoms with van der Waals surface area (Å²) < 4.78 is 6.88. The van der Waals surface area contributed by atoms with Crippen molar-refractivity contribution in [2.45, 2.75) is 84.5 Å². The second kappa shape index (κ2) is 7.93. The van der Waals surface area contributed by atoms with E-state index in [0.29, 0.717) is 5.41 Å². The van der Waals surface area contributed by atoms with Crippen molar-refractivity contribution in [3.05, 3.63) is 29.0 Å². The monoisotopic (exact) mass is 393 g/mol. The van der Waals surface area contributed by atoms with Crippen LogP contribution in [0.1, 0.15) is 72.1 Å². The molecule has 2 saturated carbocycles. The highest BCUT2D eigenvalue weighted by Gasteiger charge is 2.61. The maximum Gasteiger partial charge on any atom is 0.192 e. The van der Waals surface area contributed by atoms with Crippen molar-refractivity contribution in [2.24, 2.45) is 23.2 Å². The number of aromatic nitrogens is 1. The number of hydrogen-bond acceptors (Lipinski definition) is 2. The molecule has 0 saturated heterocycles. The van der Waals surface area contributed by atoms with Gasteiger partial charge < -0.3 is 4.43 Å². The molecule has 0 amide bonds. The summed E-state index contributed by atoms with van der Waals surface area (Å²) in [7, 11) is -1.69. The molecule has 0 N–H and O–H groups in total. The van der Waals surface area contributed by atoms with Crippen LogP contribution in [0.15, 0.2) is 18.3 Å². The van der Waals surface area contributed by atoms with Gasteiger partial charge in [-0.1, -0.05) is 46.2 Å². The van der Waals surface area contributed by atoms with E-state index in [1.165, 1.54) is 37.4 Å². The number of fused-ring (bicyclic) bond motifs is 1. The molecular weight excluding hydrogens is 358 g/mol. The molecule has 2 aliphatic rings. The smallest absolute Gasteiger partial charge is 0.192 e. The summed E-state index contributed by atoms with van der Waals surface area (Å²) in [6.07, 6.45) is 7.08. The summed E-state index contributed by atoms with van der Waals surface area (Å²) in [5.74, 6) is 2.81. The molecule has 0 aromatic carbocycles. The highest BCUT2D eigenvalue weighted by molar-refractivity contribution is 6.73. The lowest BCUT2D eigenvalue weighted by Gasteiger charge is -2.34. The van der Waals surface area contributed by atoms with E-state index in [-0.39, 0.29) is 6.10 Å². The molecule has 0 radical (unpaired) electrons. The van der Waals surface area contributed by atoms with Crippen LogP contribution in [0.2, 0.25) is 23.2 Å². The van der Waals surface area contributed by atoms with Gasteiger partial charge in [-0.25, -0.2) is 0 Å². The zero-order valence-electron chi connectivity index (χ0n) is 17.2. The summed E-state index contributed by atoms with van der Waals surface area (Å²) in [5.41, 5.74) is 1.58. The van der Waals surface area contributed by atoms with Crippen LogP contribution in [0.25, 0.3) is 0 Å². The second-order valence-corrected chi connectivity index (χ2v) is 14.3. The normalized spacial score (nSPS) is 28.0. The van der Waals surface area contributed by atoms with Gasteiger partial charge in [0.1, 0.15) is 0 Å². The van der Waals surface area contributed by atoms with E-state index in [1.54, 1.807) is 0 Å². The van der Waals surface area contributed by atoms with E-state index in [4.69, 9.17) is 16.0 Å². The molecule has 26 heavy (non-hydrogen) atoms. The number of pyridine rings is 1. The highest BCUT2D eigenvalue weighted by Crippen LogP contribution is 2.68. The standard InChI is InChI=1S/C22H36ClNOSi/c1-6-26(7-2,8-3)25-20(21-19(23)10-9-13-24-21)12-11-16-14-17-18(15-16)22(17,4)5/h9-10,13,16-18,20H,6-8,11-12,14-15H2,1-5H3/t16?,17-,18+,20?. The molecule has 0 spiro atoms. The SMILES string of the molecule is CC[Si](CC)(CC)OC(CCC1C[C@@H]2[C@H](C1)C2(C)C)c1ncccc1Cl. The molecule has 4 heteroatoms. The van der Waals surface area contributed by atoms with Gasteiger partial charge in [0.05, 0.1) is 16.8 Å². The van der Waals surface area contributed by atoms with Gasteiger partial charge >= 0.3 is 0 Å². The third-order valence-corrected chi connectivity index (χ3v) is 12.7. The molecule has 1 aromatic rings. The first kappa shape index (κ1) is 20.4. The van der Waals surface area contributed by atoms with Gasteiger partial charge in [-0.3, -0.25) is 4.98 Å². The molecule has 4 atom stereocenters. The Morgan fingerprint density at radius 1 is 1.19 bits per heavy atom. The van der Waals surface area contributed by atoms with Gasteiger partial charge in [0.25, 0.3) is 0 Å². The van der Waals surface area contributed by atoms with Crippen molar-refractivity contribution in [3.8, 4) is 0 Å². The van der Waals surface area contributed by atoms with Gasteiger partial charge in [-0.15, -0.1) is 0 Å². The molecule has 2 nitrogen and oxygen atoms in total. The van der Waals surface area contributed by atoms with E-state index in [0.717, 1.165) is 34.9 Å². The zero-order chi connectivity index (χ0) is 18.9. The van der Waals surface area contributed by atoms with Crippen molar-refractivity contribution in [3.63, 3.8) is 0 Å². The van der Waals surface area contributed by atoms with Gasteiger partial charge in [-0.05, 0) is 79.1 Å². The van der Waals surface area contributed by atoms with E-state index in [9.17, 15) is 0 Å². The Morgan fingerprint density at radius 2 is 1.81 bits per heavy atom. The van der Waals surface area contributed by atoms with Crippen molar-refractivity contribution in [2.75, 3.05) is 0 Å². The summed E-state index contributed by atoms with van der Waals surface area (Å²) in [6.45, 7) is 11.8. The predicted octanol–water partition coefficient (Wildman–Crippen LogP) is 7.26. The molecule has 0 aliphatic heterocycles. The average Bonchev–Trinajstić information content (AvgIpc) is 2.99. The first-order valence-corrected chi connectivity index (χ1v) is 13.6. The molecular formula is C22H36ClNOSi. The van der Waals surface area contributed by atoms with Gasteiger partial charge in [-0.2, -0.15) is 0 Å². The predicted molar refractivity (Wildman–Crippen MR) is 113 cm³/mol. The van der Waals surface area contributed by atoms with Crippen LogP contribution in [0, 0.1) is 23.2 Å². The van der Waals surface area contributed by atoms with E-state index in [2.05, 4.69) is 39.6 Å². The van der Waals surface area contributed by atoms with E-state index in [1.807, 2.05) is 18.3 Å². The Morgan fingerprint density at radius 3 is 2.35 bits per heavy atom. The molecule has 0 bridgehead atoms. The maximum atomic E-state index is 6.88. The van der Waals surface area contributed by atoms with Gasteiger partial charge in [0.15, 0.2) is 8.32 Å². The van der Waals surface area contributed by atoms with Crippen LogP contribution in [0.5, 0.6) is 0 Å². The lowest BCUT2D eigenvalue weighted by Crippen LogP contribution is -2.37. The Labute approximate surface area is 166 Å². The Bertz CT molecular complexity index is 594. The molecule has 3 rings (SSSR count). The zero-order valence-corrected chi connectivity index (χ0v) is 19.0. The van der Waals surface area contributed by atoms with E-state index >= 15 is 0 Å². The topological polar surface area (TPSA) is 22.1 Å². The number of hydrogen-bond donors (Lipinski definition) is 0. The van der Waals surface area contributed by atoms with Gasteiger partial charge in [0, 0.05) is 6.20 Å². The lowest BCUT2D eigenvalue weighted by atomic mass is 9.89. The molecule has 1 aromatic heterocycles. The van der Waals surface area contributed by atoms with Crippen LogP contribution >= 0.6 is 11.6 Å². The first-order chi connectivity index (χ1) is 12.4. The summed E-state index contributed by atoms with van der Waals surface area (Å²) in [4.78, 5) is 4.62. The molecule has 2 unspecified atom stereocenters. The van der Waals surface area contributed by atoms with E-state index < -0.39 is 8.32 Å². The lowest BCUT2D eigenvalue weighted by molar-refractivity contribution is 0.161. The second-order valence-electron chi connectivity index (χ2n) is 9.17. The number of halogens is 1. The van der Waals surface area contributed by atoms with Crippen LogP contribution < -0.4 is 0 Å². The van der Waals surface area contributed by atoms with Crippen LogP contribution in [0.4, 0.5) is 0 Å². The molecule has 1 heterocycles. The first-order valence-electron chi connectivity index (χ1n) is 10.6. The van der Waals surface area contributed by atoms with Crippen LogP contribution in [-0.4, -0.2) is 13.3 Å². The van der Waals surface area contributed by atoms with Crippen molar-refractivity contribution in [1.29, 1.82) is 0 Å². The van der Waals surface area contributed by atoms with Crippen LogP contribution in [-0.2, 0) is 4.43 Å². The minimum atomic E-state index is -1.69. The fourth-order valence-electron chi connectivity index (χ4n) is 5.42. The quantitative estimate of drug-likeness (QED) is 0.412. The minimum absolute atomic E-state index is 0.0696. The van der Waals surface area contributed by atoms with Crippen LogP contribution in [0.3, 0.4) is 0 Å². The molecule has 146 valence electrons. The Hall–Kier alpha value is -0.383. The Kier molecular flexibility index (Phi) is 6.21.